The molecule has 0 saturated carbocycles. The van der Waals surface area contributed by atoms with Crippen molar-refractivity contribution in [1.82, 2.24) is 0 Å². The van der Waals surface area contributed by atoms with Crippen molar-refractivity contribution in [2.24, 2.45) is 0 Å². The Labute approximate surface area is 172 Å². The summed E-state index contributed by atoms with van der Waals surface area (Å²) in [6.45, 7) is 6.86. The smallest absolute Gasteiger partial charge is 0.162 e. The molecule has 3 nitrogen and oxygen atoms in total. The van der Waals surface area contributed by atoms with E-state index in [1.165, 1.54) is 50.5 Å². The minimum Gasteiger partial charge on any atom is -0.493 e. The van der Waals surface area contributed by atoms with Crippen LogP contribution in [0.25, 0.3) is 0 Å². The zero-order chi connectivity index (χ0) is 19.7. The fraction of sp³-hybridized carbons (Fsp3) is 0.739. The Balaban J connectivity index is 2.36. The second-order valence-electron chi connectivity index (χ2n) is 7.17. The number of hydrogen-bond donors (Lipinski definition) is 1. The molecule has 156 valence electrons. The van der Waals surface area contributed by atoms with Crippen LogP contribution in [0, 0.1) is 0 Å². The van der Waals surface area contributed by atoms with E-state index in [1.54, 1.807) is 7.11 Å². The van der Waals surface area contributed by atoms with Crippen molar-refractivity contribution >= 4 is 12.6 Å². The fourth-order valence-electron chi connectivity index (χ4n) is 3.05. The van der Waals surface area contributed by atoms with E-state index in [9.17, 15) is 0 Å². The molecular formula is C23H40O3S. The summed E-state index contributed by atoms with van der Waals surface area (Å²) < 4.78 is 17.2. The van der Waals surface area contributed by atoms with Crippen molar-refractivity contribution in [1.29, 1.82) is 0 Å². The van der Waals surface area contributed by atoms with E-state index in [4.69, 9.17) is 14.2 Å². The van der Waals surface area contributed by atoms with Crippen molar-refractivity contribution in [2.45, 2.75) is 89.4 Å². The molecule has 0 saturated heterocycles. The number of aryl methyl sites for hydroxylation is 1. The van der Waals surface area contributed by atoms with E-state index >= 15 is 0 Å². The van der Waals surface area contributed by atoms with E-state index in [-0.39, 0.29) is 0 Å². The zero-order valence-corrected chi connectivity index (χ0v) is 18.6. The Morgan fingerprint density at radius 1 is 0.741 bits per heavy atom. The van der Waals surface area contributed by atoms with Crippen molar-refractivity contribution in [3.63, 3.8) is 0 Å². The van der Waals surface area contributed by atoms with Crippen LogP contribution in [0.1, 0.15) is 83.6 Å². The van der Waals surface area contributed by atoms with Gasteiger partial charge in [-0.1, -0.05) is 58.8 Å². The van der Waals surface area contributed by atoms with Crippen molar-refractivity contribution in [3.8, 4) is 11.5 Å². The maximum absolute atomic E-state index is 5.95. The zero-order valence-electron chi connectivity index (χ0n) is 17.7. The van der Waals surface area contributed by atoms with Gasteiger partial charge < -0.3 is 14.2 Å². The molecule has 0 aliphatic carbocycles. The van der Waals surface area contributed by atoms with Gasteiger partial charge in [0.25, 0.3) is 0 Å². The number of unbranched alkanes of at least 4 members (excludes halogenated alkanes) is 7. The number of rotatable bonds is 17. The average Bonchev–Trinajstić information content (AvgIpc) is 2.67. The standard InChI is InChI=1S/C23H40O3S/c1-4-6-8-9-10-12-17-26-22-19-23(27)20(18-21(22)24-3)14-13-16-25-15-11-7-5-2/h18-19,27H,4-17H2,1-3H3. The topological polar surface area (TPSA) is 27.7 Å². The quantitative estimate of drug-likeness (QED) is 0.230. The van der Waals surface area contributed by atoms with Gasteiger partial charge in [-0.25, -0.2) is 0 Å². The first-order chi connectivity index (χ1) is 13.2. The fourth-order valence-corrected chi connectivity index (χ4v) is 3.34. The summed E-state index contributed by atoms with van der Waals surface area (Å²) >= 11 is 4.65. The molecule has 0 atom stereocenters. The molecule has 1 rings (SSSR count). The Morgan fingerprint density at radius 2 is 1.37 bits per heavy atom. The van der Waals surface area contributed by atoms with Gasteiger partial charge in [0.15, 0.2) is 11.5 Å². The van der Waals surface area contributed by atoms with Crippen LogP contribution in [0.2, 0.25) is 0 Å². The number of methoxy groups -OCH3 is 1. The van der Waals surface area contributed by atoms with Gasteiger partial charge in [-0.2, -0.15) is 0 Å². The third-order valence-corrected chi connectivity index (χ3v) is 5.16. The van der Waals surface area contributed by atoms with Crippen molar-refractivity contribution in [3.05, 3.63) is 17.7 Å². The van der Waals surface area contributed by atoms with Crippen LogP contribution in [-0.2, 0) is 11.2 Å². The van der Waals surface area contributed by atoms with Gasteiger partial charge in [-0.05, 0) is 43.4 Å². The average molecular weight is 397 g/mol. The highest BCUT2D eigenvalue weighted by molar-refractivity contribution is 7.80. The minimum atomic E-state index is 0.737. The predicted molar refractivity (Wildman–Crippen MR) is 118 cm³/mol. The second kappa shape index (κ2) is 16.1. The monoisotopic (exact) mass is 396 g/mol. The van der Waals surface area contributed by atoms with Gasteiger partial charge in [-0.3, -0.25) is 0 Å². The summed E-state index contributed by atoms with van der Waals surface area (Å²) in [4.78, 5) is 0.972. The van der Waals surface area contributed by atoms with Crippen LogP contribution in [-0.4, -0.2) is 26.9 Å². The van der Waals surface area contributed by atoms with Gasteiger partial charge in [-0.15, -0.1) is 12.6 Å². The van der Waals surface area contributed by atoms with Crippen LogP contribution < -0.4 is 9.47 Å². The summed E-state index contributed by atoms with van der Waals surface area (Å²) in [7, 11) is 1.70. The maximum atomic E-state index is 5.95. The van der Waals surface area contributed by atoms with Crippen LogP contribution in [0.4, 0.5) is 0 Å². The summed E-state index contributed by atoms with van der Waals surface area (Å²) in [5, 5.41) is 0. The van der Waals surface area contributed by atoms with Crippen LogP contribution in [0.5, 0.6) is 11.5 Å². The highest BCUT2D eigenvalue weighted by atomic mass is 32.1. The molecule has 0 aromatic heterocycles. The van der Waals surface area contributed by atoms with Crippen molar-refractivity contribution < 1.29 is 14.2 Å². The molecule has 1 aromatic rings. The number of hydrogen-bond acceptors (Lipinski definition) is 4. The molecule has 0 unspecified atom stereocenters. The first-order valence-corrected chi connectivity index (χ1v) is 11.3. The van der Waals surface area contributed by atoms with E-state index in [2.05, 4.69) is 32.5 Å². The number of benzene rings is 1. The lowest BCUT2D eigenvalue weighted by atomic mass is 10.1. The maximum Gasteiger partial charge on any atom is 0.162 e. The number of thiol groups is 1. The molecule has 0 radical (unpaired) electrons. The second-order valence-corrected chi connectivity index (χ2v) is 7.65. The molecule has 0 amide bonds. The first kappa shape index (κ1) is 24.2. The Morgan fingerprint density at radius 3 is 2.11 bits per heavy atom. The Hall–Kier alpha value is -0.870. The normalized spacial score (nSPS) is 11.0. The molecule has 27 heavy (non-hydrogen) atoms. The molecule has 1 aromatic carbocycles. The van der Waals surface area contributed by atoms with Gasteiger partial charge >= 0.3 is 0 Å². The summed E-state index contributed by atoms with van der Waals surface area (Å²) in [5.74, 6) is 1.60. The molecule has 0 fully saturated rings. The molecular weight excluding hydrogens is 356 g/mol. The summed E-state index contributed by atoms with van der Waals surface area (Å²) in [6, 6.07) is 4.06. The van der Waals surface area contributed by atoms with Crippen LogP contribution in [0.3, 0.4) is 0 Å². The lowest BCUT2D eigenvalue weighted by Gasteiger charge is -2.14. The Kier molecular flexibility index (Phi) is 14.4. The van der Waals surface area contributed by atoms with Gasteiger partial charge in [0.2, 0.25) is 0 Å². The molecule has 0 aliphatic heterocycles. The summed E-state index contributed by atoms with van der Waals surface area (Å²) in [5.41, 5.74) is 1.19. The van der Waals surface area contributed by atoms with Gasteiger partial charge in [0.05, 0.1) is 13.7 Å². The highest BCUT2D eigenvalue weighted by Crippen LogP contribution is 2.33. The lowest BCUT2D eigenvalue weighted by molar-refractivity contribution is 0.128. The van der Waals surface area contributed by atoms with Crippen LogP contribution in [0.15, 0.2) is 17.0 Å². The van der Waals surface area contributed by atoms with Crippen molar-refractivity contribution in [2.75, 3.05) is 26.9 Å². The minimum absolute atomic E-state index is 0.737. The molecule has 4 heteroatoms. The summed E-state index contributed by atoms with van der Waals surface area (Å²) in [6.07, 6.45) is 13.2. The van der Waals surface area contributed by atoms with Crippen LogP contribution >= 0.6 is 12.6 Å². The van der Waals surface area contributed by atoms with E-state index in [0.717, 1.165) is 61.9 Å². The van der Waals surface area contributed by atoms with E-state index in [0.29, 0.717) is 0 Å². The van der Waals surface area contributed by atoms with E-state index < -0.39 is 0 Å². The highest BCUT2D eigenvalue weighted by Gasteiger charge is 2.10. The lowest BCUT2D eigenvalue weighted by Crippen LogP contribution is -2.02. The largest absolute Gasteiger partial charge is 0.493 e. The Bertz CT molecular complexity index is 491. The molecule has 0 spiro atoms. The molecule has 0 bridgehead atoms. The predicted octanol–water partition coefficient (Wildman–Crippen LogP) is 6.86. The molecule has 0 aliphatic rings. The SMILES string of the molecule is CCCCCCCCOc1cc(S)c(CCCOCCCCC)cc1OC. The molecule has 0 N–H and O–H groups in total. The van der Waals surface area contributed by atoms with E-state index in [1.807, 2.05) is 6.07 Å². The first-order valence-electron chi connectivity index (χ1n) is 10.8. The third-order valence-electron chi connectivity index (χ3n) is 4.75. The third kappa shape index (κ3) is 10.9. The molecule has 0 heterocycles. The van der Waals surface area contributed by atoms with Gasteiger partial charge in [0.1, 0.15) is 0 Å². The number of ether oxygens (including phenoxy) is 3. The van der Waals surface area contributed by atoms with Gasteiger partial charge in [0, 0.05) is 18.1 Å².